The molecule has 0 bridgehead atoms. The number of anilines is 4. The van der Waals surface area contributed by atoms with Crippen molar-refractivity contribution in [2.45, 2.75) is 31.6 Å². The number of aromatic nitrogens is 2. The van der Waals surface area contributed by atoms with Crippen LogP contribution in [-0.2, 0) is 14.8 Å². The molecule has 0 atom stereocenters. The molecule has 0 aliphatic carbocycles. The first-order valence-electron chi connectivity index (χ1n) is 10.6. The number of hydrogen-bond acceptors (Lipinski definition) is 8. The Bertz CT molecular complexity index is 1360. The van der Waals surface area contributed by atoms with Crippen molar-refractivity contribution < 1.29 is 22.3 Å². The second-order valence-electron chi connectivity index (χ2n) is 7.42. The summed E-state index contributed by atoms with van der Waals surface area (Å²) in [6, 6.07) is 11.2. The van der Waals surface area contributed by atoms with Crippen LogP contribution in [0.1, 0.15) is 25.3 Å². The van der Waals surface area contributed by atoms with Gasteiger partial charge in [-0.2, -0.15) is 4.98 Å². The summed E-state index contributed by atoms with van der Waals surface area (Å²) in [5.74, 6) is 1.60. The van der Waals surface area contributed by atoms with E-state index in [-0.39, 0.29) is 59.2 Å². The number of carbonyl (C=O) groups is 1. The van der Waals surface area contributed by atoms with Gasteiger partial charge in [0.1, 0.15) is 12.4 Å². The van der Waals surface area contributed by atoms with Crippen LogP contribution in [0.3, 0.4) is 0 Å². The number of sulfonamides is 1. The summed E-state index contributed by atoms with van der Waals surface area (Å²) < 4.78 is 47.0. The van der Waals surface area contributed by atoms with E-state index in [1.807, 2.05) is 0 Å². The molecule has 2 aromatic carbocycles. The molecule has 0 fully saturated rings. The van der Waals surface area contributed by atoms with E-state index in [0.29, 0.717) is 29.1 Å². The molecule has 0 radical (unpaired) electrons. The molecule has 0 spiro atoms. The molecule has 0 aliphatic heterocycles. The van der Waals surface area contributed by atoms with Crippen molar-refractivity contribution in [3.63, 3.8) is 0 Å². The summed E-state index contributed by atoms with van der Waals surface area (Å²) >= 11 is 0. The first-order valence-corrected chi connectivity index (χ1v) is 12.1. The Balaban J connectivity index is 0.00000456. The van der Waals surface area contributed by atoms with Crippen molar-refractivity contribution in [1.82, 2.24) is 14.7 Å². The fourth-order valence-electron chi connectivity index (χ4n) is 2.99. The molecule has 184 valence electrons. The van der Waals surface area contributed by atoms with Crippen LogP contribution in [0, 0.1) is 25.1 Å². The van der Waals surface area contributed by atoms with Gasteiger partial charge in [-0.15, -0.1) is 6.42 Å². The summed E-state index contributed by atoms with van der Waals surface area (Å²) in [4.78, 5) is 19.8. The van der Waals surface area contributed by atoms with Crippen LogP contribution < -0.4 is 20.1 Å². The molecule has 12 heteroatoms. The summed E-state index contributed by atoms with van der Waals surface area (Å²) in [5, 5.41) is 5.72. The monoisotopic (exact) mass is 521 g/mol. The predicted molar refractivity (Wildman–Crippen MR) is 138 cm³/mol. The first-order chi connectivity index (χ1) is 16.7. The average molecular weight is 522 g/mol. The Morgan fingerprint density at radius 2 is 1.83 bits per heavy atom. The van der Waals surface area contributed by atoms with Crippen molar-refractivity contribution in [2.75, 3.05) is 17.2 Å². The SMILES string of the molecule is C#CCOc1ccc(Nc2nc(Nc3ccc(C)c(S(=O)(=O)NC(=O)CCC)c3)ncc2F)cc1.[NaH]. The number of nitrogens with one attached hydrogen (secondary N) is 3. The number of amides is 1. The van der Waals surface area contributed by atoms with Crippen molar-refractivity contribution >= 4 is 68.6 Å². The first kappa shape index (κ1) is 29.1. The summed E-state index contributed by atoms with van der Waals surface area (Å²) in [7, 11) is -4.07. The minimum absolute atomic E-state index is 0. The fraction of sp³-hybridized carbons (Fsp3) is 0.208. The summed E-state index contributed by atoms with van der Waals surface area (Å²) in [6.07, 6.45) is 6.76. The molecule has 1 heterocycles. The van der Waals surface area contributed by atoms with Crippen LogP contribution >= 0.6 is 0 Å². The van der Waals surface area contributed by atoms with Crippen LogP contribution in [0.25, 0.3) is 0 Å². The Hall–Kier alpha value is -3.17. The zero-order chi connectivity index (χ0) is 25.4. The van der Waals surface area contributed by atoms with Crippen LogP contribution in [0.2, 0.25) is 0 Å². The molecule has 36 heavy (non-hydrogen) atoms. The summed E-state index contributed by atoms with van der Waals surface area (Å²) in [5.41, 5.74) is 1.34. The number of aryl methyl sites for hydroxylation is 1. The van der Waals surface area contributed by atoms with E-state index in [9.17, 15) is 17.6 Å². The van der Waals surface area contributed by atoms with Gasteiger partial charge in [0.05, 0.1) is 11.1 Å². The molecule has 3 rings (SSSR count). The molecule has 9 nitrogen and oxygen atoms in total. The van der Waals surface area contributed by atoms with E-state index < -0.39 is 21.7 Å². The van der Waals surface area contributed by atoms with Gasteiger partial charge in [-0.05, 0) is 55.3 Å². The van der Waals surface area contributed by atoms with Crippen LogP contribution in [0.4, 0.5) is 27.5 Å². The molecule has 0 unspecified atom stereocenters. The molecule has 3 aromatic rings. The van der Waals surface area contributed by atoms with Crippen molar-refractivity contribution in [3.8, 4) is 18.1 Å². The number of carbonyl (C=O) groups excluding carboxylic acids is 1. The van der Waals surface area contributed by atoms with Gasteiger partial charge >= 0.3 is 29.6 Å². The third-order valence-corrected chi connectivity index (χ3v) is 6.16. The molecule has 1 aromatic heterocycles. The van der Waals surface area contributed by atoms with E-state index >= 15 is 0 Å². The van der Waals surface area contributed by atoms with E-state index in [2.05, 4.69) is 31.2 Å². The molecular formula is C24H25FN5NaO4S. The number of ether oxygens (including phenoxy) is 1. The van der Waals surface area contributed by atoms with E-state index in [1.54, 1.807) is 50.2 Å². The van der Waals surface area contributed by atoms with Crippen molar-refractivity contribution in [2.24, 2.45) is 0 Å². The number of hydrogen-bond donors (Lipinski definition) is 3. The number of nitrogens with zero attached hydrogens (tertiary/aromatic N) is 2. The second-order valence-corrected chi connectivity index (χ2v) is 9.07. The normalized spacial score (nSPS) is 10.5. The number of rotatable bonds is 10. The van der Waals surface area contributed by atoms with Crippen molar-refractivity contribution in [1.29, 1.82) is 0 Å². The maximum absolute atomic E-state index is 14.3. The van der Waals surface area contributed by atoms with E-state index in [0.717, 1.165) is 6.20 Å². The zero-order valence-electron chi connectivity index (χ0n) is 19.1. The van der Waals surface area contributed by atoms with E-state index in [1.165, 1.54) is 6.07 Å². The van der Waals surface area contributed by atoms with Gasteiger partial charge in [-0.3, -0.25) is 4.79 Å². The Morgan fingerprint density at radius 1 is 1.14 bits per heavy atom. The van der Waals surface area contributed by atoms with Gasteiger partial charge in [0, 0.05) is 17.8 Å². The standard InChI is InChI=1S/C24H24FN5O4S.Na.H/c1-4-6-22(31)30-35(32,33)21-14-18(8-7-16(21)3)28-24-26-15-20(25)23(29-24)27-17-9-11-19(12-10-17)34-13-5-2;;/h2,7-12,14-15H,4,6,13H2,1,3H3,(H,30,31)(H2,26,27,28,29);;. The number of benzene rings is 2. The quantitative estimate of drug-likeness (QED) is 0.274. The third-order valence-electron chi connectivity index (χ3n) is 4.64. The number of halogens is 1. The van der Waals surface area contributed by atoms with Gasteiger partial charge in [0.2, 0.25) is 11.9 Å². The fourth-order valence-corrected chi connectivity index (χ4v) is 4.28. The molecule has 0 saturated carbocycles. The zero-order valence-corrected chi connectivity index (χ0v) is 19.9. The molecule has 1 amide bonds. The molecule has 0 aliphatic rings. The number of terminal acetylenes is 1. The van der Waals surface area contributed by atoms with Crippen molar-refractivity contribution in [3.05, 3.63) is 60.0 Å². The molecule has 0 saturated heterocycles. The second kappa shape index (κ2) is 13.2. The van der Waals surface area contributed by atoms with Gasteiger partial charge in [-0.1, -0.05) is 18.9 Å². The minimum atomic E-state index is -4.07. The average Bonchev–Trinajstić information content (AvgIpc) is 2.81. The molecule has 3 N–H and O–H groups in total. The Morgan fingerprint density at radius 3 is 2.50 bits per heavy atom. The third kappa shape index (κ3) is 7.93. The molecular weight excluding hydrogens is 496 g/mol. The van der Waals surface area contributed by atoms with Crippen LogP contribution in [0.15, 0.2) is 53.6 Å². The van der Waals surface area contributed by atoms with E-state index in [4.69, 9.17) is 11.2 Å². The van der Waals surface area contributed by atoms with Gasteiger partial charge < -0.3 is 15.4 Å². The van der Waals surface area contributed by atoms with Crippen LogP contribution in [0.5, 0.6) is 5.75 Å². The predicted octanol–water partition coefficient (Wildman–Crippen LogP) is 3.38. The topological polar surface area (TPSA) is 122 Å². The maximum atomic E-state index is 14.3. The Kier molecular flexibility index (Phi) is 10.7. The van der Waals surface area contributed by atoms with Gasteiger partial charge in [0.15, 0.2) is 11.6 Å². The Labute approximate surface area is 231 Å². The van der Waals surface area contributed by atoms with Gasteiger partial charge in [0.25, 0.3) is 10.0 Å². The van der Waals surface area contributed by atoms with Crippen LogP contribution in [-0.4, -0.2) is 60.5 Å². The summed E-state index contributed by atoms with van der Waals surface area (Å²) in [6.45, 7) is 3.52. The van der Waals surface area contributed by atoms with Gasteiger partial charge in [-0.25, -0.2) is 22.5 Å².